The van der Waals surface area contributed by atoms with Crippen molar-refractivity contribution in [3.8, 4) is 0 Å². The van der Waals surface area contributed by atoms with Gasteiger partial charge in [0.1, 0.15) is 0 Å². The van der Waals surface area contributed by atoms with E-state index < -0.39 is 5.97 Å². The molecular formula is C12H22N2O3. The third kappa shape index (κ3) is 5.68. The highest BCUT2D eigenvalue weighted by atomic mass is 16.4. The van der Waals surface area contributed by atoms with Crippen molar-refractivity contribution in [2.24, 2.45) is 0 Å². The van der Waals surface area contributed by atoms with Crippen molar-refractivity contribution in [3.05, 3.63) is 0 Å². The van der Waals surface area contributed by atoms with Crippen LogP contribution in [0.15, 0.2) is 0 Å². The first-order chi connectivity index (χ1) is 8.02. The van der Waals surface area contributed by atoms with Gasteiger partial charge in [0, 0.05) is 25.0 Å². The molecule has 5 nitrogen and oxygen atoms in total. The number of amides is 1. The Hall–Kier alpha value is -1.10. The number of carbonyl (C=O) groups is 2. The molecule has 0 aromatic rings. The van der Waals surface area contributed by atoms with E-state index in [-0.39, 0.29) is 18.5 Å². The van der Waals surface area contributed by atoms with Crippen molar-refractivity contribution in [2.75, 3.05) is 13.1 Å². The van der Waals surface area contributed by atoms with E-state index >= 15 is 0 Å². The quantitative estimate of drug-likeness (QED) is 0.662. The predicted octanol–water partition coefficient (Wildman–Crippen LogP) is 0.840. The average Bonchev–Trinajstić information content (AvgIpc) is 3.06. The molecule has 1 rings (SSSR count). The van der Waals surface area contributed by atoms with Crippen molar-refractivity contribution in [2.45, 2.75) is 51.6 Å². The number of nitrogens with zero attached hydrogens (tertiary/aromatic N) is 1. The Morgan fingerprint density at radius 1 is 1.47 bits per heavy atom. The number of carboxylic acids is 1. The van der Waals surface area contributed by atoms with Crippen LogP contribution in [0.2, 0.25) is 0 Å². The van der Waals surface area contributed by atoms with Crippen molar-refractivity contribution in [3.63, 3.8) is 0 Å². The lowest BCUT2D eigenvalue weighted by molar-refractivity contribution is -0.139. The van der Waals surface area contributed by atoms with Gasteiger partial charge >= 0.3 is 5.97 Å². The third-order valence-electron chi connectivity index (χ3n) is 3.12. The molecule has 1 fully saturated rings. The lowest BCUT2D eigenvalue weighted by Crippen LogP contribution is -2.40. The molecule has 0 bridgehead atoms. The van der Waals surface area contributed by atoms with E-state index in [1.165, 1.54) is 0 Å². The minimum Gasteiger partial charge on any atom is -0.480 e. The van der Waals surface area contributed by atoms with Gasteiger partial charge in [0.25, 0.3) is 0 Å². The molecule has 1 atom stereocenters. The van der Waals surface area contributed by atoms with Crippen molar-refractivity contribution in [1.29, 1.82) is 0 Å². The number of hydrogen-bond acceptors (Lipinski definition) is 3. The molecule has 0 saturated heterocycles. The van der Waals surface area contributed by atoms with Crippen LogP contribution in [0.3, 0.4) is 0 Å². The lowest BCUT2D eigenvalue weighted by Gasteiger charge is -2.26. The molecule has 0 heterocycles. The number of carboxylic acid groups (broad SMARTS) is 1. The maximum Gasteiger partial charge on any atom is 0.317 e. The summed E-state index contributed by atoms with van der Waals surface area (Å²) in [5.41, 5.74) is 0. The van der Waals surface area contributed by atoms with Crippen LogP contribution in [0.1, 0.15) is 39.5 Å². The first-order valence-electron chi connectivity index (χ1n) is 6.28. The van der Waals surface area contributed by atoms with Crippen LogP contribution in [0.5, 0.6) is 0 Å². The Labute approximate surface area is 102 Å². The SMILES string of the molecule is CCC(C)N(CCC(=O)NC1CC1)CC(=O)O. The van der Waals surface area contributed by atoms with E-state index in [2.05, 4.69) is 5.32 Å². The topological polar surface area (TPSA) is 69.6 Å². The molecule has 1 amide bonds. The highest BCUT2D eigenvalue weighted by Crippen LogP contribution is 2.18. The van der Waals surface area contributed by atoms with Crippen molar-refractivity contribution >= 4 is 11.9 Å². The van der Waals surface area contributed by atoms with Crippen LogP contribution in [-0.4, -0.2) is 47.1 Å². The van der Waals surface area contributed by atoms with Gasteiger partial charge in [0.15, 0.2) is 0 Å². The summed E-state index contributed by atoms with van der Waals surface area (Å²) in [7, 11) is 0. The summed E-state index contributed by atoms with van der Waals surface area (Å²) in [6.45, 7) is 4.52. The normalized spacial score (nSPS) is 16.9. The zero-order valence-electron chi connectivity index (χ0n) is 10.6. The molecule has 17 heavy (non-hydrogen) atoms. The van der Waals surface area contributed by atoms with Gasteiger partial charge in [-0.1, -0.05) is 6.92 Å². The standard InChI is InChI=1S/C12H22N2O3/c1-3-9(2)14(8-12(16)17)7-6-11(15)13-10-4-5-10/h9-10H,3-8H2,1-2H3,(H,13,15)(H,16,17). The molecular weight excluding hydrogens is 220 g/mol. The van der Waals surface area contributed by atoms with Crippen molar-refractivity contribution in [1.82, 2.24) is 10.2 Å². The fourth-order valence-electron chi connectivity index (χ4n) is 1.66. The van der Waals surface area contributed by atoms with Gasteiger partial charge in [-0.3, -0.25) is 14.5 Å². The third-order valence-corrected chi connectivity index (χ3v) is 3.12. The first-order valence-corrected chi connectivity index (χ1v) is 6.28. The van der Waals surface area contributed by atoms with Gasteiger partial charge in [0.2, 0.25) is 5.91 Å². The Bertz CT molecular complexity index is 277. The monoisotopic (exact) mass is 242 g/mol. The molecule has 98 valence electrons. The Balaban J connectivity index is 2.30. The van der Waals surface area contributed by atoms with E-state index in [1.807, 2.05) is 18.7 Å². The molecule has 0 aromatic heterocycles. The zero-order valence-corrected chi connectivity index (χ0v) is 10.6. The van der Waals surface area contributed by atoms with Crippen LogP contribution in [0.4, 0.5) is 0 Å². The summed E-state index contributed by atoms with van der Waals surface area (Å²) in [4.78, 5) is 24.1. The smallest absolute Gasteiger partial charge is 0.317 e. The Kier molecular flexibility index (Phi) is 5.41. The second-order valence-electron chi connectivity index (χ2n) is 4.71. The highest BCUT2D eigenvalue weighted by Gasteiger charge is 2.23. The van der Waals surface area contributed by atoms with Gasteiger partial charge in [-0.2, -0.15) is 0 Å². The van der Waals surface area contributed by atoms with Crippen LogP contribution >= 0.6 is 0 Å². The molecule has 2 N–H and O–H groups in total. The maximum atomic E-state index is 11.5. The summed E-state index contributed by atoms with van der Waals surface area (Å²) in [5, 5.41) is 11.7. The second-order valence-corrected chi connectivity index (χ2v) is 4.71. The molecule has 0 spiro atoms. The first kappa shape index (κ1) is 14.0. The van der Waals surface area contributed by atoms with Gasteiger partial charge < -0.3 is 10.4 Å². The molecule has 1 unspecified atom stereocenters. The molecule has 5 heteroatoms. The predicted molar refractivity (Wildman–Crippen MR) is 64.7 cm³/mol. The summed E-state index contributed by atoms with van der Waals surface area (Å²) < 4.78 is 0. The fourth-order valence-corrected chi connectivity index (χ4v) is 1.66. The summed E-state index contributed by atoms with van der Waals surface area (Å²) in [6, 6.07) is 0.568. The summed E-state index contributed by atoms with van der Waals surface area (Å²) in [6.07, 6.45) is 3.43. The number of rotatable bonds is 8. The Morgan fingerprint density at radius 3 is 2.59 bits per heavy atom. The average molecular weight is 242 g/mol. The minimum atomic E-state index is -0.840. The maximum absolute atomic E-state index is 11.5. The lowest BCUT2D eigenvalue weighted by atomic mass is 10.2. The second kappa shape index (κ2) is 6.59. The number of carbonyl (C=O) groups excluding carboxylic acids is 1. The number of nitrogens with one attached hydrogen (secondary N) is 1. The van der Waals surface area contributed by atoms with Crippen molar-refractivity contribution < 1.29 is 14.7 Å². The minimum absolute atomic E-state index is 0.00567. The molecule has 1 aliphatic carbocycles. The molecule has 0 radical (unpaired) electrons. The number of hydrogen-bond donors (Lipinski definition) is 2. The Morgan fingerprint density at radius 2 is 2.12 bits per heavy atom. The van der Waals surface area contributed by atoms with Crippen LogP contribution in [0.25, 0.3) is 0 Å². The summed E-state index contributed by atoms with van der Waals surface area (Å²) >= 11 is 0. The van der Waals surface area contributed by atoms with Gasteiger partial charge in [0.05, 0.1) is 6.54 Å². The van der Waals surface area contributed by atoms with Crippen LogP contribution < -0.4 is 5.32 Å². The molecule has 0 aliphatic heterocycles. The van der Waals surface area contributed by atoms with E-state index in [0.717, 1.165) is 19.3 Å². The highest BCUT2D eigenvalue weighted by molar-refractivity contribution is 5.76. The molecule has 0 aromatic carbocycles. The van der Waals surface area contributed by atoms with Gasteiger partial charge in [-0.25, -0.2) is 0 Å². The van der Waals surface area contributed by atoms with E-state index in [4.69, 9.17) is 5.11 Å². The van der Waals surface area contributed by atoms with Gasteiger partial charge in [-0.15, -0.1) is 0 Å². The van der Waals surface area contributed by atoms with Crippen LogP contribution in [0, 0.1) is 0 Å². The molecule has 1 aliphatic rings. The van der Waals surface area contributed by atoms with Crippen LogP contribution in [-0.2, 0) is 9.59 Å². The number of aliphatic carboxylic acids is 1. The fraction of sp³-hybridized carbons (Fsp3) is 0.833. The van der Waals surface area contributed by atoms with Gasteiger partial charge in [-0.05, 0) is 26.2 Å². The van der Waals surface area contributed by atoms with E-state index in [9.17, 15) is 9.59 Å². The van der Waals surface area contributed by atoms with E-state index in [0.29, 0.717) is 19.0 Å². The largest absolute Gasteiger partial charge is 0.480 e. The summed E-state index contributed by atoms with van der Waals surface area (Å²) in [5.74, 6) is -0.806. The zero-order chi connectivity index (χ0) is 12.8. The van der Waals surface area contributed by atoms with E-state index in [1.54, 1.807) is 0 Å². The molecule has 1 saturated carbocycles.